The van der Waals surface area contributed by atoms with Crippen LogP contribution >= 0.6 is 11.6 Å². The van der Waals surface area contributed by atoms with E-state index >= 15 is 0 Å². The van der Waals surface area contributed by atoms with E-state index in [1.807, 2.05) is 0 Å². The highest BCUT2D eigenvalue weighted by atomic mass is 35.5. The van der Waals surface area contributed by atoms with Gasteiger partial charge in [-0.1, -0.05) is 11.6 Å². The molecule has 1 aromatic carbocycles. The number of halogens is 5. The molecule has 0 atom stereocenters. The monoisotopic (exact) mass is 304 g/mol. The molecule has 0 unspecified atom stereocenters. The number of hydrogen-bond donors (Lipinski definition) is 1. The maximum absolute atomic E-state index is 13.5. The molecule has 0 bridgehead atoms. The van der Waals surface area contributed by atoms with Crippen LogP contribution in [-0.2, 0) is 12.7 Å². The van der Waals surface area contributed by atoms with Gasteiger partial charge in [-0.25, -0.2) is 4.39 Å². The van der Waals surface area contributed by atoms with E-state index in [1.165, 1.54) is 12.4 Å². The first-order valence-corrected chi connectivity index (χ1v) is 5.95. The van der Waals surface area contributed by atoms with Crippen molar-refractivity contribution in [2.24, 2.45) is 0 Å². The fraction of sp³-hybridized carbons (Fsp3) is 0.154. The zero-order chi connectivity index (χ0) is 14.8. The Bertz CT molecular complexity index is 614. The predicted molar refractivity (Wildman–Crippen MR) is 68.0 cm³/mol. The molecule has 2 aromatic rings. The lowest BCUT2D eigenvalue weighted by Crippen LogP contribution is -2.08. The van der Waals surface area contributed by atoms with Gasteiger partial charge in [0, 0.05) is 18.9 Å². The minimum absolute atomic E-state index is 0.0968. The van der Waals surface area contributed by atoms with Crippen LogP contribution < -0.4 is 5.32 Å². The van der Waals surface area contributed by atoms with E-state index < -0.39 is 17.6 Å². The summed E-state index contributed by atoms with van der Waals surface area (Å²) in [5.41, 5.74) is -0.534. The Morgan fingerprint density at radius 1 is 1.20 bits per heavy atom. The molecule has 2 nitrogen and oxygen atoms in total. The van der Waals surface area contributed by atoms with Gasteiger partial charge in [-0.2, -0.15) is 13.2 Å². The molecule has 0 fully saturated rings. The van der Waals surface area contributed by atoms with E-state index in [0.717, 1.165) is 12.1 Å². The van der Waals surface area contributed by atoms with Gasteiger partial charge < -0.3 is 5.32 Å². The standard InChI is InChI=1S/C13H9ClF4N2/c14-10-7-19-4-3-8(10)6-20-12-5-9(13(16,17)18)1-2-11(12)15/h1-5,7,20H,6H2. The highest BCUT2D eigenvalue weighted by Gasteiger charge is 2.31. The van der Waals surface area contributed by atoms with Crippen LogP contribution in [-0.4, -0.2) is 4.98 Å². The molecule has 0 aliphatic rings. The van der Waals surface area contributed by atoms with Gasteiger partial charge in [0.1, 0.15) is 5.82 Å². The number of hydrogen-bond acceptors (Lipinski definition) is 2. The van der Waals surface area contributed by atoms with Crippen LogP contribution in [0, 0.1) is 5.82 Å². The largest absolute Gasteiger partial charge is 0.416 e. The van der Waals surface area contributed by atoms with Crippen LogP contribution in [0.4, 0.5) is 23.2 Å². The van der Waals surface area contributed by atoms with E-state index in [-0.39, 0.29) is 12.2 Å². The van der Waals surface area contributed by atoms with Crippen molar-refractivity contribution in [2.75, 3.05) is 5.32 Å². The lowest BCUT2D eigenvalue weighted by molar-refractivity contribution is -0.137. The average Bonchev–Trinajstić information content (AvgIpc) is 2.38. The molecule has 0 aliphatic carbocycles. The maximum Gasteiger partial charge on any atom is 0.416 e. The zero-order valence-corrected chi connectivity index (χ0v) is 10.8. The maximum atomic E-state index is 13.5. The van der Waals surface area contributed by atoms with E-state index in [4.69, 9.17) is 11.6 Å². The van der Waals surface area contributed by atoms with Gasteiger partial charge in [0.2, 0.25) is 0 Å². The van der Waals surface area contributed by atoms with Crippen LogP contribution in [0.15, 0.2) is 36.7 Å². The lowest BCUT2D eigenvalue weighted by Gasteiger charge is -2.12. The molecular formula is C13H9ClF4N2. The SMILES string of the molecule is Fc1ccc(C(F)(F)F)cc1NCc1ccncc1Cl. The van der Waals surface area contributed by atoms with Gasteiger partial charge in [-0.15, -0.1) is 0 Å². The third kappa shape index (κ3) is 3.39. The minimum atomic E-state index is -4.52. The molecule has 0 saturated carbocycles. The number of aromatic nitrogens is 1. The molecule has 0 radical (unpaired) electrons. The van der Waals surface area contributed by atoms with Crippen LogP contribution in [0.25, 0.3) is 0 Å². The van der Waals surface area contributed by atoms with Gasteiger partial charge in [-0.05, 0) is 29.8 Å². The molecule has 1 heterocycles. The van der Waals surface area contributed by atoms with Gasteiger partial charge >= 0.3 is 6.18 Å². The van der Waals surface area contributed by atoms with Gasteiger partial charge in [0.05, 0.1) is 16.3 Å². The first kappa shape index (κ1) is 14.6. The Morgan fingerprint density at radius 2 is 1.95 bits per heavy atom. The number of rotatable bonds is 3. The molecule has 0 amide bonds. The minimum Gasteiger partial charge on any atom is -0.379 e. The lowest BCUT2D eigenvalue weighted by atomic mass is 10.1. The van der Waals surface area contributed by atoms with Crippen LogP contribution in [0.1, 0.15) is 11.1 Å². The Hall–Kier alpha value is -1.82. The third-order valence-electron chi connectivity index (χ3n) is 2.62. The smallest absolute Gasteiger partial charge is 0.379 e. The predicted octanol–water partition coefficient (Wildman–Crippen LogP) is 4.51. The highest BCUT2D eigenvalue weighted by molar-refractivity contribution is 6.31. The average molecular weight is 305 g/mol. The molecule has 20 heavy (non-hydrogen) atoms. The summed E-state index contributed by atoms with van der Waals surface area (Å²) < 4.78 is 51.1. The number of benzene rings is 1. The number of nitrogens with zero attached hydrogens (tertiary/aromatic N) is 1. The van der Waals surface area contributed by atoms with E-state index in [1.54, 1.807) is 6.07 Å². The third-order valence-corrected chi connectivity index (χ3v) is 2.96. The molecule has 1 N–H and O–H groups in total. The summed E-state index contributed by atoms with van der Waals surface area (Å²) in [5, 5.41) is 2.95. The summed E-state index contributed by atoms with van der Waals surface area (Å²) in [6, 6.07) is 3.80. The van der Waals surface area contributed by atoms with Crippen molar-refractivity contribution in [3.05, 3.63) is 58.6 Å². The van der Waals surface area contributed by atoms with E-state index in [2.05, 4.69) is 10.3 Å². The number of alkyl halides is 3. The Morgan fingerprint density at radius 3 is 2.60 bits per heavy atom. The molecule has 2 rings (SSSR count). The second-order valence-corrected chi connectivity index (χ2v) is 4.42. The first-order valence-electron chi connectivity index (χ1n) is 5.57. The number of nitrogens with one attached hydrogen (secondary N) is 1. The first-order chi connectivity index (χ1) is 9.38. The molecule has 106 valence electrons. The summed E-state index contributed by atoms with van der Waals surface area (Å²) in [7, 11) is 0. The van der Waals surface area contributed by atoms with Gasteiger partial charge in [0.15, 0.2) is 0 Å². The van der Waals surface area contributed by atoms with Crippen LogP contribution in [0.2, 0.25) is 5.02 Å². The molecule has 0 saturated heterocycles. The van der Waals surface area contributed by atoms with Crippen molar-refractivity contribution >= 4 is 17.3 Å². The van der Waals surface area contributed by atoms with Crippen LogP contribution in [0.3, 0.4) is 0 Å². The summed E-state index contributed by atoms with van der Waals surface area (Å²) >= 11 is 5.86. The number of pyridine rings is 1. The van der Waals surface area contributed by atoms with Crippen molar-refractivity contribution in [1.29, 1.82) is 0 Å². The summed E-state index contributed by atoms with van der Waals surface area (Å²) in [6.45, 7) is 0.0968. The summed E-state index contributed by atoms with van der Waals surface area (Å²) in [5.74, 6) is -0.761. The quantitative estimate of drug-likeness (QED) is 0.844. The Balaban J connectivity index is 2.19. The summed E-state index contributed by atoms with van der Waals surface area (Å²) in [4.78, 5) is 3.78. The van der Waals surface area contributed by atoms with E-state index in [9.17, 15) is 17.6 Å². The highest BCUT2D eigenvalue weighted by Crippen LogP contribution is 2.32. The van der Waals surface area contributed by atoms with Gasteiger partial charge in [0.25, 0.3) is 0 Å². The van der Waals surface area contributed by atoms with Crippen molar-refractivity contribution < 1.29 is 17.6 Å². The normalized spacial score (nSPS) is 11.4. The molecule has 1 aromatic heterocycles. The van der Waals surface area contributed by atoms with E-state index in [0.29, 0.717) is 16.7 Å². The van der Waals surface area contributed by atoms with Crippen molar-refractivity contribution in [2.45, 2.75) is 12.7 Å². The second-order valence-electron chi connectivity index (χ2n) is 4.01. The Kier molecular flexibility index (Phi) is 4.13. The fourth-order valence-electron chi connectivity index (χ4n) is 1.57. The number of anilines is 1. The molecule has 7 heteroatoms. The second kappa shape index (κ2) is 5.66. The van der Waals surface area contributed by atoms with Crippen molar-refractivity contribution in [3.63, 3.8) is 0 Å². The molecular weight excluding hydrogens is 296 g/mol. The topological polar surface area (TPSA) is 24.9 Å². The van der Waals surface area contributed by atoms with Gasteiger partial charge in [-0.3, -0.25) is 4.98 Å². The zero-order valence-electron chi connectivity index (χ0n) is 10.0. The summed E-state index contributed by atoms with van der Waals surface area (Å²) in [6.07, 6.45) is -1.62. The van der Waals surface area contributed by atoms with Crippen LogP contribution in [0.5, 0.6) is 0 Å². The molecule has 0 aliphatic heterocycles. The Labute approximate surface area is 117 Å². The fourth-order valence-corrected chi connectivity index (χ4v) is 1.76. The van der Waals surface area contributed by atoms with Crippen molar-refractivity contribution in [3.8, 4) is 0 Å². The molecule has 0 spiro atoms. The van der Waals surface area contributed by atoms with Crippen molar-refractivity contribution in [1.82, 2.24) is 4.98 Å².